The molecule has 138 valence electrons. The molecule has 0 aromatic carbocycles. The van der Waals surface area contributed by atoms with Crippen LogP contribution in [0, 0.1) is 47.3 Å². The lowest BCUT2D eigenvalue weighted by Gasteiger charge is -2.30. The van der Waals surface area contributed by atoms with Gasteiger partial charge in [-0.15, -0.1) is 0 Å². The van der Waals surface area contributed by atoms with E-state index in [0.29, 0.717) is 0 Å². The Kier molecular flexibility index (Phi) is 9.24. The fourth-order valence-electron chi connectivity index (χ4n) is 4.59. The van der Waals surface area contributed by atoms with Gasteiger partial charge in [-0.3, -0.25) is 0 Å². The van der Waals surface area contributed by atoms with Gasteiger partial charge in [-0.25, -0.2) is 0 Å². The first-order chi connectivity index (χ1) is 10.8. The normalized spacial score (nSPS) is 27.5. The summed E-state index contributed by atoms with van der Waals surface area (Å²) in [5, 5.41) is 0. The molecule has 1 aliphatic carbocycles. The highest BCUT2D eigenvalue weighted by molar-refractivity contribution is 4.87. The highest BCUT2D eigenvalue weighted by atomic mass is 14.4. The lowest BCUT2D eigenvalue weighted by Crippen LogP contribution is -2.22. The van der Waals surface area contributed by atoms with Crippen LogP contribution in [0.3, 0.4) is 0 Å². The highest BCUT2D eigenvalue weighted by Gasteiger charge is 2.37. The summed E-state index contributed by atoms with van der Waals surface area (Å²) in [6.07, 6.45) is 10.2. The van der Waals surface area contributed by atoms with Crippen molar-refractivity contribution in [3.63, 3.8) is 0 Å². The molecule has 0 aromatic rings. The molecule has 1 rings (SSSR count). The molecule has 0 saturated heterocycles. The van der Waals surface area contributed by atoms with Crippen molar-refractivity contribution < 1.29 is 0 Å². The topological polar surface area (TPSA) is 0 Å². The van der Waals surface area contributed by atoms with Crippen LogP contribution in [0.4, 0.5) is 0 Å². The lowest BCUT2D eigenvalue weighted by atomic mass is 9.75. The molecule has 7 atom stereocenters. The standard InChI is InChI=1S/C23H46/c1-9-18(5)20(7)21(8)19(6)12-10-11-17(4)14-23-15-22(23)13-16(2)3/h16-23H,9-15H2,1-8H3. The molecular weight excluding hydrogens is 276 g/mol. The van der Waals surface area contributed by atoms with Crippen molar-refractivity contribution >= 4 is 0 Å². The van der Waals surface area contributed by atoms with E-state index in [1.807, 2.05) is 0 Å². The summed E-state index contributed by atoms with van der Waals surface area (Å²) in [7, 11) is 0. The third-order valence-electron chi connectivity index (χ3n) is 7.17. The first-order valence-corrected chi connectivity index (χ1v) is 10.8. The molecule has 0 heteroatoms. The molecule has 0 bridgehead atoms. The first-order valence-electron chi connectivity index (χ1n) is 10.8. The minimum Gasteiger partial charge on any atom is -0.0651 e. The van der Waals surface area contributed by atoms with Crippen LogP contribution in [0.2, 0.25) is 0 Å². The molecule has 0 amide bonds. The molecule has 0 nitrogen and oxygen atoms in total. The van der Waals surface area contributed by atoms with Crippen molar-refractivity contribution in [3.05, 3.63) is 0 Å². The third-order valence-corrected chi connectivity index (χ3v) is 7.17. The summed E-state index contributed by atoms with van der Waals surface area (Å²) < 4.78 is 0. The minimum atomic E-state index is 0.871. The van der Waals surface area contributed by atoms with Crippen molar-refractivity contribution in [3.8, 4) is 0 Å². The van der Waals surface area contributed by atoms with Crippen LogP contribution in [0.1, 0.15) is 100 Å². The van der Waals surface area contributed by atoms with E-state index in [1.165, 1.54) is 44.9 Å². The van der Waals surface area contributed by atoms with E-state index < -0.39 is 0 Å². The van der Waals surface area contributed by atoms with Gasteiger partial charge in [-0.1, -0.05) is 81.1 Å². The van der Waals surface area contributed by atoms with Crippen LogP contribution in [0.25, 0.3) is 0 Å². The maximum absolute atomic E-state index is 2.50. The molecular formula is C23H46. The van der Waals surface area contributed by atoms with Gasteiger partial charge in [0.15, 0.2) is 0 Å². The summed E-state index contributed by atoms with van der Waals surface area (Å²) in [4.78, 5) is 0. The van der Waals surface area contributed by atoms with Crippen LogP contribution >= 0.6 is 0 Å². The Bertz CT molecular complexity index is 305. The van der Waals surface area contributed by atoms with E-state index >= 15 is 0 Å². The molecule has 1 fully saturated rings. The van der Waals surface area contributed by atoms with Crippen molar-refractivity contribution in [1.82, 2.24) is 0 Å². The smallest absolute Gasteiger partial charge is 0.0380 e. The van der Waals surface area contributed by atoms with Gasteiger partial charge in [0.05, 0.1) is 0 Å². The second kappa shape index (κ2) is 10.1. The number of hydrogen-bond donors (Lipinski definition) is 0. The SMILES string of the molecule is CCC(C)C(C)C(C)C(C)CCCC(C)CC1CC1CC(C)C. The second-order valence-corrected chi connectivity index (χ2v) is 9.74. The number of rotatable bonds is 12. The van der Waals surface area contributed by atoms with Crippen LogP contribution in [0.15, 0.2) is 0 Å². The lowest BCUT2D eigenvalue weighted by molar-refractivity contribution is 0.196. The monoisotopic (exact) mass is 322 g/mol. The zero-order chi connectivity index (χ0) is 17.6. The Morgan fingerprint density at radius 2 is 1.30 bits per heavy atom. The average molecular weight is 323 g/mol. The predicted molar refractivity (Wildman–Crippen MR) is 106 cm³/mol. The Morgan fingerprint density at radius 3 is 1.87 bits per heavy atom. The van der Waals surface area contributed by atoms with Crippen molar-refractivity contribution in [2.75, 3.05) is 0 Å². The highest BCUT2D eigenvalue weighted by Crippen LogP contribution is 2.47. The molecule has 0 heterocycles. The number of hydrogen-bond acceptors (Lipinski definition) is 0. The zero-order valence-electron chi connectivity index (χ0n) is 17.6. The van der Waals surface area contributed by atoms with Crippen molar-refractivity contribution in [2.45, 2.75) is 100 Å². The average Bonchev–Trinajstić information content (AvgIpc) is 3.20. The second-order valence-electron chi connectivity index (χ2n) is 9.74. The van der Waals surface area contributed by atoms with Gasteiger partial charge in [0.25, 0.3) is 0 Å². The van der Waals surface area contributed by atoms with Gasteiger partial charge in [-0.2, -0.15) is 0 Å². The van der Waals surface area contributed by atoms with Gasteiger partial charge in [0.1, 0.15) is 0 Å². The van der Waals surface area contributed by atoms with E-state index in [-0.39, 0.29) is 0 Å². The van der Waals surface area contributed by atoms with Gasteiger partial charge in [0.2, 0.25) is 0 Å². The summed E-state index contributed by atoms with van der Waals surface area (Å²) in [5.41, 5.74) is 0. The van der Waals surface area contributed by atoms with Crippen LogP contribution in [0.5, 0.6) is 0 Å². The molecule has 0 spiro atoms. The maximum Gasteiger partial charge on any atom is -0.0380 e. The molecule has 0 radical (unpaired) electrons. The molecule has 0 aromatic heterocycles. The molecule has 1 aliphatic rings. The van der Waals surface area contributed by atoms with Crippen molar-refractivity contribution in [1.29, 1.82) is 0 Å². The summed E-state index contributed by atoms with van der Waals surface area (Å²) in [5.74, 6) is 7.51. The zero-order valence-corrected chi connectivity index (χ0v) is 17.6. The van der Waals surface area contributed by atoms with Gasteiger partial charge >= 0.3 is 0 Å². The van der Waals surface area contributed by atoms with E-state index in [2.05, 4.69) is 55.4 Å². The summed E-state index contributed by atoms with van der Waals surface area (Å²) in [6.45, 7) is 19.5. The van der Waals surface area contributed by atoms with Crippen LogP contribution in [-0.4, -0.2) is 0 Å². The van der Waals surface area contributed by atoms with Crippen molar-refractivity contribution in [2.24, 2.45) is 47.3 Å². The quantitative estimate of drug-likeness (QED) is 0.343. The van der Waals surface area contributed by atoms with Gasteiger partial charge in [0, 0.05) is 0 Å². The Labute approximate surface area is 148 Å². The summed E-state index contributed by atoms with van der Waals surface area (Å²) in [6, 6.07) is 0. The fraction of sp³-hybridized carbons (Fsp3) is 1.00. The first kappa shape index (κ1) is 21.0. The van der Waals surface area contributed by atoms with E-state index in [1.54, 1.807) is 0 Å². The van der Waals surface area contributed by atoms with Gasteiger partial charge < -0.3 is 0 Å². The maximum atomic E-state index is 2.50. The van der Waals surface area contributed by atoms with Crippen LogP contribution < -0.4 is 0 Å². The Morgan fingerprint density at radius 1 is 0.739 bits per heavy atom. The van der Waals surface area contributed by atoms with Gasteiger partial charge in [-0.05, 0) is 66.6 Å². The third kappa shape index (κ3) is 7.61. The molecule has 0 aliphatic heterocycles. The van der Waals surface area contributed by atoms with E-state index in [0.717, 1.165) is 47.3 Å². The molecule has 0 N–H and O–H groups in total. The largest absolute Gasteiger partial charge is 0.0651 e. The molecule has 1 saturated carbocycles. The summed E-state index contributed by atoms with van der Waals surface area (Å²) >= 11 is 0. The van der Waals surface area contributed by atoms with E-state index in [9.17, 15) is 0 Å². The van der Waals surface area contributed by atoms with Crippen LogP contribution in [-0.2, 0) is 0 Å². The Hall–Kier alpha value is 0. The molecule has 7 unspecified atom stereocenters. The predicted octanol–water partition coefficient (Wildman–Crippen LogP) is 7.82. The minimum absolute atomic E-state index is 0.871. The fourth-order valence-corrected chi connectivity index (χ4v) is 4.59. The molecule has 23 heavy (non-hydrogen) atoms. The Balaban J connectivity index is 2.16. The van der Waals surface area contributed by atoms with E-state index in [4.69, 9.17) is 0 Å².